The third-order valence-corrected chi connectivity index (χ3v) is 16.5. The van der Waals surface area contributed by atoms with Crippen molar-refractivity contribution in [2.75, 3.05) is 39.6 Å². The summed E-state index contributed by atoms with van der Waals surface area (Å²) < 4.78 is 67.9. The van der Waals surface area contributed by atoms with Gasteiger partial charge in [-0.1, -0.05) is 272 Å². The highest BCUT2D eigenvalue weighted by molar-refractivity contribution is 7.47. The van der Waals surface area contributed by atoms with Gasteiger partial charge in [-0.15, -0.1) is 0 Å². The standard InChI is InChI=1S/C63H122O17P2/c1-5-9-13-17-21-25-28-32-36-40-44-48-61(66)74-54-59(80-63(68)50-46-42-38-34-30-27-23-19-15-11-7-3)56-78-82(71,72)76-52-57(64)51-75-81(69,70)77-55-58(53-73-60(65)47-43-39-35-31-24-20-16-12-8-4)79-62(67)49-45-41-37-33-29-26-22-18-14-10-6-2/h57-59,64H,5-56H2,1-4H3,(H,69,70)(H,71,72)/t57-,58+,59+/m0/s1. The SMILES string of the molecule is CCCCCCCCCCCCCC(=O)OC[C@H](COP(=O)(O)OC[C@@H](O)COP(=O)(O)OC[C@@H](COC(=O)CCCCCCCCCCC)OC(=O)CCCCCCCCCCCCC)OC(=O)CCCCCCCCCCCCC. The molecule has 0 aliphatic carbocycles. The first-order chi connectivity index (χ1) is 39.7. The summed E-state index contributed by atoms with van der Waals surface area (Å²) in [7, 11) is -9.88. The molecule has 0 heterocycles. The maximum atomic E-state index is 13.0. The van der Waals surface area contributed by atoms with Gasteiger partial charge in [-0.05, 0) is 25.7 Å². The molecule has 0 aliphatic rings. The number of phosphoric ester groups is 2. The number of rotatable bonds is 64. The molecule has 0 amide bonds. The second-order valence-electron chi connectivity index (χ2n) is 22.8. The predicted octanol–water partition coefficient (Wildman–Crippen LogP) is 17.5. The lowest BCUT2D eigenvalue weighted by Crippen LogP contribution is -2.30. The fraction of sp³-hybridized carbons (Fsp3) is 0.937. The molecule has 17 nitrogen and oxygen atoms in total. The molecule has 0 bridgehead atoms. The minimum Gasteiger partial charge on any atom is -0.462 e. The van der Waals surface area contributed by atoms with Gasteiger partial charge in [-0.3, -0.25) is 37.3 Å². The van der Waals surface area contributed by atoms with Crippen LogP contribution in [0.1, 0.15) is 323 Å². The summed E-state index contributed by atoms with van der Waals surface area (Å²) in [6, 6.07) is 0. The second-order valence-corrected chi connectivity index (χ2v) is 25.7. The molecule has 5 atom stereocenters. The molecule has 0 aromatic carbocycles. The van der Waals surface area contributed by atoms with Crippen molar-refractivity contribution in [1.29, 1.82) is 0 Å². The lowest BCUT2D eigenvalue weighted by molar-refractivity contribution is -0.161. The molecule has 82 heavy (non-hydrogen) atoms. The Morgan fingerprint density at radius 1 is 0.293 bits per heavy atom. The number of ether oxygens (including phenoxy) is 4. The van der Waals surface area contributed by atoms with Crippen LogP contribution in [0.15, 0.2) is 0 Å². The Morgan fingerprint density at radius 2 is 0.488 bits per heavy atom. The summed E-state index contributed by atoms with van der Waals surface area (Å²) >= 11 is 0. The van der Waals surface area contributed by atoms with E-state index >= 15 is 0 Å². The number of carbonyl (C=O) groups is 4. The van der Waals surface area contributed by atoms with Crippen molar-refractivity contribution in [3.05, 3.63) is 0 Å². The van der Waals surface area contributed by atoms with Crippen LogP contribution in [0, 0.1) is 0 Å². The minimum absolute atomic E-state index is 0.107. The number of hydrogen-bond acceptors (Lipinski definition) is 15. The Morgan fingerprint density at radius 3 is 0.720 bits per heavy atom. The van der Waals surface area contributed by atoms with Gasteiger partial charge in [-0.2, -0.15) is 0 Å². The van der Waals surface area contributed by atoms with Crippen LogP contribution in [0.2, 0.25) is 0 Å². The number of unbranched alkanes of at least 4 members (excludes halogenated alkanes) is 38. The third-order valence-electron chi connectivity index (χ3n) is 14.6. The van der Waals surface area contributed by atoms with Crippen molar-refractivity contribution in [1.82, 2.24) is 0 Å². The summed E-state index contributed by atoms with van der Waals surface area (Å²) in [4.78, 5) is 72.1. The zero-order chi connectivity index (χ0) is 60.5. The summed E-state index contributed by atoms with van der Waals surface area (Å²) in [6.07, 6.45) is 42.9. The molecule has 0 radical (unpaired) electrons. The number of hydrogen-bond donors (Lipinski definition) is 3. The quantitative estimate of drug-likeness (QED) is 0.0222. The van der Waals surface area contributed by atoms with Crippen LogP contribution in [0.5, 0.6) is 0 Å². The predicted molar refractivity (Wildman–Crippen MR) is 326 cm³/mol. The van der Waals surface area contributed by atoms with E-state index in [-0.39, 0.29) is 25.7 Å². The van der Waals surface area contributed by atoms with Crippen LogP contribution >= 0.6 is 15.6 Å². The van der Waals surface area contributed by atoms with Gasteiger partial charge in [-0.25, -0.2) is 9.13 Å². The molecule has 0 saturated heterocycles. The van der Waals surface area contributed by atoms with Gasteiger partial charge in [0.1, 0.15) is 19.3 Å². The van der Waals surface area contributed by atoms with Crippen LogP contribution in [-0.4, -0.2) is 96.7 Å². The highest BCUT2D eigenvalue weighted by Gasteiger charge is 2.30. The van der Waals surface area contributed by atoms with E-state index in [4.69, 9.17) is 37.0 Å². The Labute approximate surface area is 498 Å². The Bertz CT molecular complexity index is 1590. The van der Waals surface area contributed by atoms with E-state index in [9.17, 15) is 43.2 Å². The Balaban J connectivity index is 5.23. The number of aliphatic hydroxyl groups is 1. The number of aliphatic hydroxyl groups excluding tert-OH is 1. The van der Waals surface area contributed by atoms with Crippen molar-refractivity contribution in [2.24, 2.45) is 0 Å². The first kappa shape index (κ1) is 80.1. The third kappa shape index (κ3) is 57.2. The molecule has 0 aromatic heterocycles. The summed E-state index contributed by atoms with van der Waals surface area (Å²) in [6.45, 7) is 4.87. The average molecular weight is 1210 g/mol. The largest absolute Gasteiger partial charge is 0.472 e. The highest BCUT2D eigenvalue weighted by Crippen LogP contribution is 2.45. The summed E-state index contributed by atoms with van der Waals surface area (Å²) in [5, 5.41) is 10.5. The fourth-order valence-corrected chi connectivity index (χ4v) is 11.0. The smallest absolute Gasteiger partial charge is 0.462 e. The van der Waals surface area contributed by atoms with Crippen molar-refractivity contribution in [3.63, 3.8) is 0 Å². The summed E-state index contributed by atoms with van der Waals surface area (Å²) in [5.41, 5.74) is 0. The zero-order valence-electron chi connectivity index (χ0n) is 52.5. The monoisotopic (exact) mass is 1210 g/mol. The van der Waals surface area contributed by atoms with Crippen LogP contribution in [0.25, 0.3) is 0 Å². The molecular formula is C63H122O17P2. The highest BCUT2D eigenvalue weighted by atomic mass is 31.2. The number of phosphoric acid groups is 2. The van der Waals surface area contributed by atoms with E-state index in [1.807, 2.05) is 0 Å². The Hall–Kier alpha value is -1.94. The Kier molecular flexibility index (Phi) is 56.7. The second kappa shape index (κ2) is 58.1. The van der Waals surface area contributed by atoms with Crippen molar-refractivity contribution < 1.29 is 80.2 Å². The molecule has 0 fully saturated rings. The first-order valence-electron chi connectivity index (χ1n) is 33.3. The maximum Gasteiger partial charge on any atom is 0.472 e. The summed E-state index contributed by atoms with van der Waals surface area (Å²) in [5.74, 6) is -2.13. The minimum atomic E-state index is -4.94. The molecule has 0 saturated carbocycles. The van der Waals surface area contributed by atoms with E-state index in [2.05, 4.69) is 27.7 Å². The van der Waals surface area contributed by atoms with Crippen molar-refractivity contribution >= 4 is 39.5 Å². The van der Waals surface area contributed by atoms with Crippen LogP contribution in [-0.2, 0) is 65.4 Å². The lowest BCUT2D eigenvalue weighted by Gasteiger charge is -2.21. The molecule has 2 unspecified atom stereocenters. The van der Waals surface area contributed by atoms with Crippen LogP contribution < -0.4 is 0 Å². The molecule has 3 N–H and O–H groups in total. The molecule has 0 aromatic rings. The zero-order valence-corrected chi connectivity index (χ0v) is 54.2. The topological polar surface area (TPSA) is 237 Å². The van der Waals surface area contributed by atoms with E-state index in [0.717, 1.165) is 89.9 Å². The van der Waals surface area contributed by atoms with E-state index in [1.165, 1.54) is 154 Å². The average Bonchev–Trinajstić information content (AvgIpc) is 3.47. The van der Waals surface area contributed by atoms with E-state index in [1.54, 1.807) is 0 Å². The molecule has 19 heteroatoms. The maximum absolute atomic E-state index is 13.0. The van der Waals surface area contributed by atoms with E-state index < -0.39 is 97.5 Å². The van der Waals surface area contributed by atoms with Crippen LogP contribution in [0.3, 0.4) is 0 Å². The van der Waals surface area contributed by atoms with Gasteiger partial charge in [0.15, 0.2) is 12.2 Å². The molecule has 0 rings (SSSR count). The van der Waals surface area contributed by atoms with Crippen molar-refractivity contribution in [2.45, 2.75) is 341 Å². The van der Waals surface area contributed by atoms with Gasteiger partial charge in [0, 0.05) is 25.7 Å². The molecule has 486 valence electrons. The normalized spacial score (nSPS) is 14.2. The van der Waals surface area contributed by atoms with E-state index in [0.29, 0.717) is 25.7 Å². The van der Waals surface area contributed by atoms with Crippen molar-refractivity contribution in [3.8, 4) is 0 Å². The molecule has 0 aliphatic heterocycles. The van der Waals surface area contributed by atoms with Gasteiger partial charge >= 0.3 is 39.5 Å². The van der Waals surface area contributed by atoms with Gasteiger partial charge in [0.25, 0.3) is 0 Å². The van der Waals surface area contributed by atoms with Gasteiger partial charge in [0.05, 0.1) is 26.4 Å². The van der Waals surface area contributed by atoms with Gasteiger partial charge in [0.2, 0.25) is 0 Å². The number of carbonyl (C=O) groups excluding carboxylic acids is 4. The lowest BCUT2D eigenvalue weighted by atomic mass is 10.1. The fourth-order valence-electron chi connectivity index (χ4n) is 9.46. The first-order valence-corrected chi connectivity index (χ1v) is 36.3. The van der Waals surface area contributed by atoms with Gasteiger partial charge < -0.3 is 33.8 Å². The molecule has 0 spiro atoms. The number of esters is 4. The van der Waals surface area contributed by atoms with Crippen LogP contribution in [0.4, 0.5) is 0 Å². The molecular weight excluding hydrogens is 1090 g/mol.